The maximum absolute atomic E-state index is 2.39. The van der Waals surface area contributed by atoms with Crippen LogP contribution < -0.4 is 9.80 Å². The lowest BCUT2D eigenvalue weighted by Gasteiger charge is -2.32. The second-order valence-electron chi connectivity index (χ2n) is 5.21. The SMILES string of the molecule is CC1=C(C)N(c2ccccc2)C(C)N1c1ccccc1. The average Bonchev–Trinajstić information content (AvgIpc) is 2.71. The first-order valence-corrected chi connectivity index (χ1v) is 7.06. The summed E-state index contributed by atoms with van der Waals surface area (Å²) in [5, 5.41) is 0. The van der Waals surface area contributed by atoms with Crippen molar-refractivity contribution < 1.29 is 0 Å². The number of nitrogens with zero attached hydrogens (tertiary/aromatic N) is 2. The monoisotopic (exact) mass is 264 g/mol. The average molecular weight is 264 g/mol. The van der Waals surface area contributed by atoms with Crippen LogP contribution in [0.25, 0.3) is 0 Å². The van der Waals surface area contributed by atoms with Gasteiger partial charge >= 0.3 is 0 Å². The molecule has 1 aliphatic heterocycles. The molecule has 0 saturated heterocycles. The van der Waals surface area contributed by atoms with E-state index < -0.39 is 0 Å². The van der Waals surface area contributed by atoms with Crippen LogP contribution in [-0.2, 0) is 0 Å². The van der Waals surface area contributed by atoms with E-state index in [4.69, 9.17) is 0 Å². The van der Waals surface area contributed by atoms with Crippen LogP contribution in [0.15, 0.2) is 72.1 Å². The zero-order valence-corrected chi connectivity index (χ0v) is 12.2. The molecule has 1 aliphatic rings. The molecule has 102 valence electrons. The van der Waals surface area contributed by atoms with Crippen LogP contribution in [0.3, 0.4) is 0 Å². The topological polar surface area (TPSA) is 6.48 Å². The van der Waals surface area contributed by atoms with Gasteiger partial charge in [0.2, 0.25) is 0 Å². The van der Waals surface area contributed by atoms with Gasteiger partial charge in [-0.05, 0) is 45.0 Å². The van der Waals surface area contributed by atoms with Gasteiger partial charge in [-0.1, -0.05) is 36.4 Å². The molecule has 0 aromatic heterocycles. The number of hydrogen-bond acceptors (Lipinski definition) is 2. The Morgan fingerprint density at radius 1 is 0.650 bits per heavy atom. The summed E-state index contributed by atoms with van der Waals surface area (Å²) in [4.78, 5) is 4.78. The molecule has 0 amide bonds. The van der Waals surface area contributed by atoms with Crippen LogP contribution in [0.1, 0.15) is 20.8 Å². The van der Waals surface area contributed by atoms with Gasteiger partial charge in [0.25, 0.3) is 0 Å². The van der Waals surface area contributed by atoms with Gasteiger partial charge in [0.1, 0.15) is 6.17 Å². The Labute approximate surface area is 121 Å². The predicted molar refractivity (Wildman–Crippen MR) is 85.7 cm³/mol. The maximum atomic E-state index is 2.39. The Morgan fingerprint density at radius 3 is 1.35 bits per heavy atom. The molecule has 0 spiro atoms. The highest BCUT2D eigenvalue weighted by Crippen LogP contribution is 2.36. The van der Waals surface area contributed by atoms with Crippen LogP contribution in [0, 0.1) is 0 Å². The van der Waals surface area contributed by atoms with E-state index in [9.17, 15) is 0 Å². The van der Waals surface area contributed by atoms with Crippen LogP contribution in [0.5, 0.6) is 0 Å². The maximum Gasteiger partial charge on any atom is 0.108 e. The van der Waals surface area contributed by atoms with Crippen molar-refractivity contribution in [3.63, 3.8) is 0 Å². The number of benzene rings is 2. The number of hydrogen-bond donors (Lipinski definition) is 0. The quantitative estimate of drug-likeness (QED) is 0.781. The molecule has 2 heteroatoms. The molecule has 0 atom stereocenters. The molecule has 1 heterocycles. The third kappa shape index (κ3) is 1.97. The van der Waals surface area contributed by atoms with Gasteiger partial charge in [-0.25, -0.2) is 0 Å². The second kappa shape index (κ2) is 5.04. The van der Waals surface area contributed by atoms with E-state index in [0.717, 1.165) is 0 Å². The van der Waals surface area contributed by atoms with Crippen molar-refractivity contribution in [2.45, 2.75) is 26.9 Å². The molecular formula is C18H20N2. The van der Waals surface area contributed by atoms with Gasteiger partial charge in [-0.3, -0.25) is 0 Å². The van der Waals surface area contributed by atoms with E-state index in [1.165, 1.54) is 22.8 Å². The lowest BCUT2D eigenvalue weighted by atomic mass is 10.2. The first-order chi connectivity index (χ1) is 9.70. The summed E-state index contributed by atoms with van der Waals surface area (Å²) < 4.78 is 0. The summed E-state index contributed by atoms with van der Waals surface area (Å²) >= 11 is 0. The molecule has 0 aliphatic carbocycles. The Morgan fingerprint density at radius 2 is 1.00 bits per heavy atom. The standard InChI is InChI=1S/C18H20N2/c1-14-15(2)20(18-12-8-5-9-13-18)16(3)19(14)17-10-6-4-7-11-17/h4-13,16H,1-3H3. The number of allylic oxidation sites excluding steroid dienone is 2. The molecule has 0 bridgehead atoms. The third-order valence-electron chi connectivity index (χ3n) is 4.06. The van der Waals surface area contributed by atoms with Crippen molar-refractivity contribution in [3.05, 3.63) is 72.1 Å². The fraction of sp³-hybridized carbons (Fsp3) is 0.222. The summed E-state index contributed by atoms with van der Waals surface area (Å²) in [5.41, 5.74) is 5.12. The fourth-order valence-electron chi connectivity index (χ4n) is 3.02. The lowest BCUT2D eigenvalue weighted by Crippen LogP contribution is -2.37. The molecule has 0 fully saturated rings. The van der Waals surface area contributed by atoms with Gasteiger partial charge in [-0.2, -0.15) is 0 Å². The van der Waals surface area contributed by atoms with E-state index >= 15 is 0 Å². The molecule has 20 heavy (non-hydrogen) atoms. The van der Waals surface area contributed by atoms with Crippen LogP contribution >= 0.6 is 0 Å². The highest BCUT2D eigenvalue weighted by atomic mass is 15.4. The largest absolute Gasteiger partial charge is 0.323 e. The second-order valence-corrected chi connectivity index (χ2v) is 5.21. The van der Waals surface area contributed by atoms with Crippen LogP contribution in [-0.4, -0.2) is 6.17 Å². The predicted octanol–water partition coefficient (Wildman–Crippen LogP) is 4.61. The summed E-state index contributed by atoms with van der Waals surface area (Å²) in [6, 6.07) is 21.2. The van der Waals surface area contributed by atoms with E-state index in [2.05, 4.69) is 91.2 Å². The molecule has 0 radical (unpaired) electrons. The van der Waals surface area contributed by atoms with Gasteiger partial charge in [0, 0.05) is 22.8 Å². The van der Waals surface area contributed by atoms with E-state index in [1.807, 2.05) is 0 Å². The number of rotatable bonds is 2. The highest BCUT2D eigenvalue weighted by Gasteiger charge is 2.32. The molecule has 0 unspecified atom stereocenters. The molecule has 3 rings (SSSR count). The Bertz CT molecular complexity index is 561. The molecule has 0 saturated carbocycles. The van der Waals surface area contributed by atoms with Crippen molar-refractivity contribution in [1.82, 2.24) is 0 Å². The number of para-hydroxylation sites is 2. The van der Waals surface area contributed by atoms with Crippen molar-refractivity contribution in [2.75, 3.05) is 9.80 Å². The minimum Gasteiger partial charge on any atom is -0.323 e. The highest BCUT2D eigenvalue weighted by molar-refractivity contribution is 5.65. The zero-order valence-electron chi connectivity index (χ0n) is 12.2. The van der Waals surface area contributed by atoms with Crippen molar-refractivity contribution in [1.29, 1.82) is 0 Å². The van der Waals surface area contributed by atoms with Crippen molar-refractivity contribution in [2.24, 2.45) is 0 Å². The normalized spacial score (nSPS) is 16.1. The Kier molecular flexibility index (Phi) is 3.23. The third-order valence-corrected chi connectivity index (χ3v) is 4.06. The van der Waals surface area contributed by atoms with Gasteiger partial charge < -0.3 is 9.80 Å². The fourth-order valence-corrected chi connectivity index (χ4v) is 3.02. The lowest BCUT2D eigenvalue weighted by molar-refractivity contribution is 0.728. The first-order valence-electron chi connectivity index (χ1n) is 7.06. The van der Waals surface area contributed by atoms with Crippen LogP contribution in [0.4, 0.5) is 11.4 Å². The number of anilines is 2. The summed E-state index contributed by atoms with van der Waals surface area (Å²) in [5.74, 6) is 0. The van der Waals surface area contributed by atoms with E-state index in [-0.39, 0.29) is 0 Å². The van der Waals surface area contributed by atoms with Crippen molar-refractivity contribution >= 4 is 11.4 Å². The molecule has 2 aromatic carbocycles. The minimum atomic E-state index is 0.291. The molecule has 2 aromatic rings. The Hall–Kier alpha value is -2.22. The van der Waals surface area contributed by atoms with E-state index in [1.54, 1.807) is 0 Å². The minimum absolute atomic E-state index is 0.291. The molecule has 0 N–H and O–H groups in total. The van der Waals surface area contributed by atoms with Crippen molar-refractivity contribution in [3.8, 4) is 0 Å². The van der Waals surface area contributed by atoms with Gasteiger partial charge in [0.15, 0.2) is 0 Å². The summed E-state index contributed by atoms with van der Waals surface area (Å²) in [6.45, 7) is 6.64. The van der Waals surface area contributed by atoms with Gasteiger partial charge in [0.05, 0.1) is 0 Å². The molecular weight excluding hydrogens is 244 g/mol. The van der Waals surface area contributed by atoms with E-state index in [0.29, 0.717) is 6.17 Å². The first kappa shape index (κ1) is 12.8. The Balaban J connectivity index is 2.02. The summed E-state index contributed by atoms with van der Waals surface area (Å²) in [7, 11) is 0. The smallest absolute Gasteiger partial charge is 0.108 e. The van der Waals surface area contributed by atoms with Crippen LogP contribution in [0.2, 0.25) is 0 Å². The van der Waals surface area contributed by atoms with Gasteiger partial charge in [-0.15, -0.1) is 0 Å². The summed E-state index contributed by atoms with van der Waals surface area (Å²) in [6.07, 6.45) is 0.291. The zero-order chi connectivity index (χ0) is 14.1. The molecule has 2 nitrogen and oxygen atoms in total.